The molecular weight excluding hydrogens is 292 g/mol. The van der Waals surface area contributed by atoms with Gasteiger partial charge in [0.15, 0.2) is 5.82 Å². The summed E-state index contributed by atoms with van der Waals surface area (Å²) in [6.45, 7) is 2.74. The zero-order chi connectivity index (χ0) is 16.0. The van der Waals surface area contributed by atoms with Gasteiger partial charge in [-0.2, -0.15) is 0 Å². The quantitative estimate of drug-likeness (QED) is 0.723. The van der Waals surface area contributed by atoms with Crippen molar-refractivity contribution in [2.75, 3.05) is 6.54 Å². The predicted molar refractivity (Wildman–Crippen MR) is 83.9 cm³/mol. The zero-order valence-corrected chi connectivity index (χ0v) is 13.2. The van der Waals surface area contributed by atoms with Crippen molar-refractivity contribution >= 4 is 11.6 Å². The standard InChI is InChI=1S/C16H18N6O/c1-11-5-6-14-17-8-13(22(14)9-11)16(23)21-7-3-4-12(21)15-19-18-10-20(15)2/h5-6,8-10,12H,3-4,7H2,1-2H3/t12-/m1/s1. The Kier molecular flexibility index (Phi) is 3.14. The molecule has 23 heavy (non-hydrogen) atoms. The summed E-state index contributed by atoms with van der Waals surface area (Å²) in [4.78, 5) is 19.3. The Labute approximate surface area is 133 Å². The van der Waals surface area contributed by atoms with Gasteiger partial charge in [-0.1, -0.05) is 6.07 Å². The molecule has 4 rings (SSSR count). The molecule has 0 unspecified atom stereocenters. The lowest BCUT2D eigenvalue weighted by atomic mass is 10.2. The Bertz CT molecular complexity index is 880. The van der Waals surface area contributed by atoms with Gasteiger partial charge >= 0.3 is 0 Å². The van der Waals surface area contributed by atoms with E-state index >= 15 is 0 Å². The number of aryl methyl sites for hydroxylation is 2. The molecule has 1 aliphatic heterocycles. The highest BCUT2D eigenvalue weighted by Gasteiger charge is 2.34. The summed E-state index contributed by atoms with van der Waals surface area (Å²) in [6, 6.07) is 3.90. The fourth-order valence-electron chi connectivity index (χ4n) is 3.26. The largest absolute Gasteiger partial charge is 0.327 e. The van der Waals surface area contributed by atoms with Crippen molar-refractivity contribution in [3.8, 4) is 0 Å². The van der Waals surface area contributed by atoms with Gasteiger partial charge in [-0.25, -0.2) is 4.98 Å². The van der Waals surface area contributed by atoms with Gasteiger partial charge in [-0.05, 0) is 31.4 Å². The Balaban J connectivity index is 1.72. The molecule has 0 bridgehead atoms. The highest BCUT2D eigenvalue weighted by atomic mass is 16.2. The van der Waals surface area contributed by atoms with Gasteiger partial charge in [-0.15, -0.1) is 10.2 Å². The lowest BCUT2D eigenvalue weighted by molar-refractivity contribution is 0.0721. The molecule has 3 aromatic rings. The molecule has 7 heteroatoms. The molecule has 1 aliphatic rings. The van der Waals surface area contributed by atoms with Crippen LogP contribution in [0.5, 0.6) is 0 Å². The second kappa shape index (κ2) is 5.19. The van der Waals surface area contributed by atoms with Crippen molar-refractivity contribution in [2.24, 2.45) is 7.05 Å². The number of imidazole rings is 1. The Morgan fingerprint density at radius 3 is 3.00 bits per heavy atom. The second-order valence-electron chi connectivity index (χ2n) is 6.03. The first-order valence-corrected chi connectivity index (χ1v) is 7.74. The molecule has 4 heterocycles. The minimum Gasteiger partial charge on any atom is -0.327 e. The summed E-state index contributed by atoms with van der Waals surface area (Å²) in [7, 11) is 1.91. The van der Waals surface area contributed by atoms with Crippen LogP contribution in [-0.2, 0) is 7.05 Å². The van der Waals surface area contributed by atoms with E-state index in [1.165, 1.54) is 0 Å². The van der Waals surface area contributed by atoms with Gasteiger partial charge in [-0.3, -0.25) is 9.20 Å². The Morgan fingerprint density at radius 1 is 1.35 bits per heavy atom. The summed E-state index contributed by atoms with van der Waals surface area (Å²) in [5, 5.41) is 8.13. The fourth-order valence-corrected chi connectivity index (χ4v) is 3.26. The molecule has 3 aromatic heterocycles. The predicted octanol–water partition coefficient (Wildman–Crippen LogP) is 1.75. The minimum atomic E-state index is -0.0228. The molecule has 0 aliphatic carbocycles. The van der Waals surface area contributed by atoms with Gasteiger partial charge in [0.05, 0.1) is 12.2 Å². The Morgan fingerprint density at radius 2 is 2.22 bits per heavy atom. The molecule has 0 aromatic carbocycles. The van der Waals surface area contributed by atoms with E-state index in [-0.39, 0.29) is 11.9 Å². The highest BCUT2D eigenvalue weighted by molar-refractivity contribution is 5.93. The average Bonchev–Trinajstić information content (AvgIpc) is 3.24. The third kappa shape index (κ3) is 2.19. The first-order valence-electron chi connectivity index (χ1n) is 7.74. The maximum Gasteiger partial charge on any atom is 0.273 e. The van der Waals surface area contributed by atoms with Crippen LogP contribution in [0.15, 0.2) is 30.9 Å². The minimum absolute atomic E-state index is 0.00593. The summed E-state index contributed by atoms with van der Waals surface area (Å²) in [6.07, 6.45) is 7.16. The maximum absolute atomic E-state index is 13.1. The zero-order valence-electron chi connectivity index (χ0n) is 13.2. The van der Waals surface area contributed by atoms with Gasteiger partial charge < -0.3 is 9.47 Å². The molecule has 1 fully saturated rings. The lowest BCUT2D eigenvalue weighted by Gasteiger charge is -2.23. The molecule has 7 nitrogen and oxygen atoms in total. The smallest absolute Gasteiger partial charge is 0.273 e. The van der Waals surface area contributed by atoms with Crippen molar-refractivity contribution in [1.29, 1.82) is 0 Å². The fraction of sp³-hybridized carbons (Fsp3) is 0.375. The van der Waals surface area contributed by atoms with E-state index in [4.69, 9.17) is 0 Å². The average molecular weight is 310 g/mol. The number of hydrogen-bond donors (Lipinski definition) is 0. The first-order chi connectivity index (χ1) is 11.1. The SMILES string of the molecule is Cc1ccc2ncc(C(=O)N3CCC[C@@H]3c3nncn3C)n2c1. The topological polar surface area (TPSA) is 68.3 Å². The van der Waals surface area contributed by atoms with Crippen LogP contribution in [0.2, 0.25) is 0 Å². The molecule has 1 atom stereocenters. The normalized spacial score (nSPS) is 18.0. The molecule has 0 N–H and O–H groups in total. The number of nitrogens with zero attached hydrogens (tertiary/aromatic N) is 6. The Hall–Kier alpha value is -2.70. The van der Waals surface area contributed by atoms with Gasteiger partial charge in [0.1, 0.15) is 17.7 Å². The molecule has 0 radical (unpaired) electrons. The van der Waals surface area contributed by atoms with Crippen molar-refractivity contribution in [3.05, 3.63) is 47.9 Å². The van der Waals surface area contributed by atoms with Gasteiger partial charge in [0.25, 0.3) is 5.91 Å². The number of amides is 1. The maximum atomic E-state index is 13.1. The van der Waals surface area contributed by atoms with Crippen LogP contribution >= 0.6 is 0 Å². The molecule has 1 saturated heterocycles. The van der Waals surface area contributed by atoms with Crippen LogP contribution in [-0.4, -0.2) is 41.5 Å². The molecule has 118 valence electrons. The monoisotopic (exact) mass is 310 g/mol. The summed E-state index contributed by atoms with van der Waals surface area (Å²) in [5.41, 5.74) is 2.47. The summed E-state index contributed by atoms with van der Waals surface area (Å²) >= 11 is 0. The van der Waals surface area contributed by atoms with Crippen LogP contribution in [0, 0.1) is 6.92 Å². The number of aromatic nitrogens is 5. The molecule has 1 amide bonds. The summed E-state index contributed by atoms with van der Waals surface area (Å²) < 4.78 is 3.75. The third-order valence-electron chi connectivity index (χ3n) is 4.43. The number of pyridine rings is 1. The van der Waals surface area contributed by atoms with Crippen LogP contribution in [0.3, 0.4) is 0 Å². The van der Waals surface area contributed by atoms with Crippen LogP contribution in [0.1, 0.15) is 40.8 Å². The van der Waals surface area contributed by atoms with E-state index in [2.05, 4.69) is 15.2 Å². The van der Waals surface area contributed by atoms with E-state index in [0.29, 0.717) is 5.69 Å². The highest BCUT2D eigenvalue weighted by Crippen LogP contribution is 2.31. The van der Waals surface area contributed by atoms with Crippen LogP contribution in [0.25, 0.3) is 5.65 Å². The molecular formula is C16H18N6O. The van der Waals surface area contributed by atoms with Crippen molar-refractivity contribution in [2.45, 2.75) is 25.8 Å². The summed E-state index contributed by atoms with van der Waals surface area (Å²) in [5.74, 6) is 0.828. The van der Waals surface area contributed by atoms with Crippen molar-refractivity contribution < 1.29 is 4.79 Å². The number of rotatable bonds is 2. The van der Waals surface area contributed by atoms with Crippen LogP contribution < -0.4 is 0 Å². The molecule has 0 spiro atoms. The van der Waals surface area contributed by atoms with Crippen molar-refractivity contribution in [3.63, 3.8) is 0 Å². The number of likely N-dealkylation sites (tertiary alicyclic amines) is 1. The van der Waals surface area contributed by atoms with E-state index in [1.54, 1.807) is 12.5 Å². The molecule has 0 saturated carbocycles. The van der Waals surface area contributed by atoms with E-state index in [0.717, 1.165) is 36.4 Å². The lowest BCUT2D eigenvalue weighted by Crippen LogP contribution is -2.32. The van der Waals surface area contributed by atoms with Crippen molar-refractivity contribution in [1.82, 2.24) is 29.0 Å². The third-order valence-corrected chi connectivity index (χ3v) is 4.43. The number of carbonyl (C=O) groups is 1. The van der Waals surface area contributed by atoms with E-state index in [9.17, 15) is 4.79 Å². The van der Waals surface area contributed by atoms with E-state index < -0.39 is 0 Å². The number of hydrogen-bond acceptors (Lipinski definition) is 4. The second-order valence-corrected chi connectivity index (χ2v) is 6.03. The van der Waals surface area contributed by atoms with Gasteiger partial charge in [0, 0.05) is 19.8 Å². The number of fused-ring (bicyclic) bond motifs is 1. The first kappa shape index (κ1) is 13.9. The number of carbonyl (C=O) groups excluding carboxylic acids is 1. The van der Waals surface area contributed by atoms with E-state index in [1.807, 2.05) is 46.2 Å². The van der Waals surface area contributed by atoms with Gasteiger partial charge in [0.2, 0.25) is 0 Å². The van der Waals surface area contributed by atoms with Crippen LogP contribution in [0.4, 0.5) is 0 Å².